The summed E-state index contributed by atoms with van der Waals surface area (Å²) < 4.78 is 23.4. The number of nitrogens with zero attached hydrogens (tertiary/aromatic N) is 3. The fraction of sp³-hybridized carbons (Fsp3) is 0.467. The lowest BCUT2D eigenvalue weighted by atomic mass is 10.2. The molecule has 6 nitrogen and oxygen atoms in total. The topological polar surface area (TPSA) is 54.4 Å². The zero-order valence-electron chi connectivity index (χ0n) is 12.2. The third kappa shape index (κ3) is 3.80. The number of hydrazone groups is 1. The van der Waals surface area contributed by atoms with Crippen LogP contribution in [0, 0.1) is 5.82 Å². The van der Waals surface area contributed by atoms with Crippen molar-refractivity contribution in [3.8, 4) is 0 Å². The highest BCUT2D eigenvalue weighted by Gasteiger charge is 2.32. The van der Waals surface area contributed by atoms with E-state index < -0.39 is 6.09 Å². The number of rotatable bonds is 4. The molecule has 1 unspecified atom stereocenters. The number of ether oxygens (including phenoxy) is 2. The van der Waals surface area contributed by atoms with Gasteiger partial charge in [-0.05, 0) is 17.7 Å². The average Bonchev–Trinajstić information content (AvgIpc) is 2.87. The number of cyclic esters (lactones) is 1. The molecule has 2 saturated heterocycles. The molecule has 1 aromatic carbocycles. The van der Waals surface area contributed by atoms with E-state index >= 15 is 0 Å². The molecule has 0 aromatic heterocycles. The van der Waals surface area contributed by atoms with E-state index in [4.69, 9.17) is 9.47 Å². The first-order valence-electron chi connectivity index (χ1n) is 7.28. The van der Waals surface area contributed by atoms with Gasteiger partial charge in [0.25, 0.3) is 0 Å². The van der Waals surface area contributed by atoms with Gasteiger partial charge in [-0.15, -0.1) is 0 Å². The molecule has 0 spiro atoms. The first-order valence-corrected chi connectivity index (χ1v) is 7.28. The van der Waals surface area contributed by atoms with Gasteiger partial charge < -0.3 is 9.47 Å². The molecule has 0 radical (unpaired) electrons. The van der Waals surface area contributed by atoms with Crippen LogP contribution in [0.1, 0.15) is 5.56 Å². The minimum absolute atomic E-state index is 0.184. The summed E-state index contributed by atoms with van der Waals surface area (Å²) in [4.78, 5) is 14.0. The summed E-state index contributed by atoms with van der Waals surface area (Å²) in [6.07, 6.45) is 0.894. The van der Waals surface area contributed by atoms with E-state index in [1.54, 1.807) is 12.1 Å². The van der Waals surface area contributed by atoms with Crippen molar-refractivity contribution >= 4 is 12.3 Å². The van der Waals surface area contributed by atoms with Gasteiger partial charge in [0, 0.05) is 19.6 Å². The maximum atomic E-state index is 12.8. The molecule has 2 aliphatic rings. The average molecular weight is 307 g/mol. The molecule has 118 valence electrons. The SMILES string of the molecule is O=C1OC(CN2CCOCC2)CN1/N=C/c1ccc(F)cc1. The van der Waals surface area contributed by atoms with Gasteiger partial charge in [-0.1, -0.05) is 12.1 Å². The van der Waals surface area contributed by atoms with Gasteiger partial charge in [-0.25, -0.2) is 9.18 Å². The molecule has 1 aromatic rings. The first-order chi connectivity index (χ1) is 10.7. The van der Waals surface area contributed by atoms with Crippen LogP contribution in [0.4, 0.5) is 9.18 Å². The third-order valence-corrected chi connectivity index (χ3v) is 3.64. The lowest BCUT2D eigenvalue weighted by molar-refractivity contribution is 0.0188. The van der Waals surface area contributed by atoms with Crippen molar-refractivity contribution in [1.82, 2.24) is 9.91 Å². The zero-order chi connectivity index (χ0) is 15.4. The number of carbonyl (C=O) groups excluding carboxylic acids is 1. The molecule has 1 amide bonds. The van der Waals surface area contributed by atoms with E-state index in [1.165, 1.54) is 23.4 Å². The van der Waals surface area contributed by atoms with Gasteiger partial charge >= 0.3 is 6.09 Å². The van der Waals surface area contributed by atoms with Crippen LogP contribution in [0.25, 0.3) is 0 Å². The Morgan fingerprint density at radius 1 is 1.27 bits per heavy atom. The van der Waals surface area contributed by atoms with Crippen molar-refractivity contribution in [1.29, 1.82) is 0 Å². The second-order valence-corrected chi connectivity index (χ2v) is 5.30. The fourth-order valence-electron chi connectivity index (χ4n) is 2.45. The molecule has 0 saturated carbocycles. The Morgan fingerprint density at radius 2 is 2.00 bits per heavy atom. The lowest BCUT2D eigenvalue weighted by Crippen LogP contribution is -2.41. The van der Waals surface area contributed by atoms with Crippen LogP contribution in [0.5, 0.6) is 0 Å². The van der Waals surface area contributed by atoms with Crippen LogP contribution >= 0.6 is 0 Å². The zero-order valence-corrected chi connectivity index (χ0v) is 12.2. The first kappa shape index (κ1) is 14.9. The number of hydrogen-bond acceptors (Lipinski definition) is 5. The molecular weight excluding hydrogens is 289 g/mol. The molecule has 2 fully saturated rings. The molecule has 0 aliphatic carbocycles. The molecule has 0 bridgehead atoms. The molecule has 22 heavy (non-hydrogen) atoms. The van der Waals surface area contributed by atoms with Crippen LogP contribution in [0.3, 0.4) is 0 Å². The van der Waals surface area contributed by atoms with E-state index in [2.05, 4.69) is 10.0 Å². The number of carbonyl (C=O) groups is 1. The van der Waals surface area contributed by atoms with Crippen molar-refractivity contribution in [3.63, 3.8) is 0 Å². The Morgan fingerprint density at radius 3 is 2.73 bits per heavy atom. The molecule has 1 atom stereocenters. The highest BCUT2D eigenvalue weighted by molar-refractivity contribution is 5.81. The summed E-state index contributed by atoms with van der Waals surface area (Å²) in [6.45, 7) is 4.26. The van der Waals surface area contributed by atoms with Gasteiger partial charge in [0.1, 0.15) is 11.9 Å². The van der Waals surface area contributed by atoms with Gasteiger partial charge in [0.05, 0.1) is 26.0 Å². The van der Waals surface area contributed by atoms with Crippen molar-refractivity contribution in [3.05, 3.63) is 35.6 Å². The van der Waals surface area contributed by atoms with Crippen LogP contribution in [-0.4, -0.2) is 67.7 Å². The van der Waals surface area contributed by atoms with Gasteiger partial charge in [-0.2, -0.15) is 10.1 Å². The number of halogens is 1. The van der Waals surface area contributed by atoms with Crippen LogP contribution in [-0.2, 0) is 9.47 Å². The highest BCUT2D eigenvalue weighted by Crippen LogP contribution is 2.14. The summed E-state index contributed by atoms with van der Waals surface area (Å²) in [5, 5.41) is 5.42. The van der Waals surface area contributed by atoms with Crippen LogP contribution < -0.4 is 0 Å². The predicted octanol–water partition coefficient (Wildman–Crippen LogP) is 1.31. The maximum absolute atomic E-state index is 12.8. The number of amides is 1. The van der Waals surface area contributed by atoms with E-state index in [-0.39, 0.29) is 11.9 Å². The smallest absolute Gasteiger partial charge is 0.430 e. The predicted molar refractivity (Wildman–Crippen MR) is 78.2 cm³/mol. The molecular formula is C15H18FN3O3. The van der Waals surface area contributed by atoms with Crippen LogP contribution in [0.2, 0.25) is 0 Å². The standard InChI is InChI=1S/C15H18FN3O3/c16-13-3-1-12(2-4-13)9-17-19-11-14(22-15(19)20)10-18-5-7-21-8-6-18/h1-4,9,14H,5-8,10-11H2/b17-9+. The minimum atomic E-state index is -0.448. The maximum Gasteiger partial charge on any atom is 0.430 e. The third-order valence-electron chi connectivity index (χ3n) is 3.64. The minimum Gasteiger partial charge on any atom is -0.441 e. The second-order valence-electron chi connectivity index (χ2n) is 5.30. The van der Waals surface area contributed by atoms with Gasteiger partial charge in [0.15, 0.2) is 0 Å². The highest BCUT2D eigenvalue weighted by atomic mass is 19.1. The summed E-state index contributed by atoms with van der Waals surface area (Å²) in [5.41, 5.74) is 0.728. The lowest BCUT2D eigenvalue weighted by Gasteiger charge is -2.27. The largest absolute Gasteiger partial charge is 0.441 e. The Labute approximate surface area is 128 Å². The number of benzene rings is 1. The number of morpholine rings is 1. The van der Waals surface area contributed by atoms with Crippen molar-refractivity contribution < 1.29 is 18.7 Å². The van der Waals surface area contributed by atoms with Crippen molar-refractivity contribution in [2.75, 3.05) is 39.4 Å². The normalized spacial score (nSPS) is 23.2. The Balaban J connectivity index is 1.54. The van der Waals surface area contributed by atoms with Crippen LogP contribution in [0.15, 0.2) is 29.4 Å². The van der Waals surface area contributed by atoms with E-state index in [0.717, 1.165) is 18.7 Å². The molecule has 2 heterocycles. The molecule has 2 aliphatic heterocycles. The molecule has 3 rings (SSSR count). The molecule has 0 N–H and O–H groups in total. The monoisotopic (exact) mass is 307 g/mol. The fourth-order valence-corrected chi connectivity index (χ4v) is 2.45. The quantitative estimate of drug-likeness (QED) is 0.787. The summed E-state index contributed by atoms with van der Waals surface area (Å²) in [5.74, 6) is -0.302. The Kier molecular flexibility index (Phi) is 4.65. The number of hydrogen-bond donors (Lipinski definition) is 0. The Bertz CT molecular complexity index is 543. The van der Waals surface area contributed by atoms with Gasteiger partial charge in [-0.3, -0.25) is 4.90 Å². The van der Waals surface area contributed by atoms with E-state index in [9.17, 15) is 9.18 Å². The van der Waals surface area contributed by atoms with Crippen molar-refractivity contribution in [2.45, 2.75) is 6.10 Å². The summed E-state index contributed by atoms with van der Waals surface area (Å²) in [7, 11) is 0. The second kappa shape index (κ2) is 6.85. The van der Waals surface area contributed by atoms with Crippen molar-refractivity contribution in [2.24, 2.45) is 5.10 Å². The van der Waals surface area contributed by atoms with E-state index in [0.29, 0.717) is 26.3 Å². The summed E-state index contributed by atoms with van der Waals surface area (Å²) in [6, 6.07) is 5.91. The van der Waals surface area contributed by atoms with E-state index in [1.807, 2.05) is 0 Å². The van der Waals surface area contributed by atoms with Gasteiger partial charge in [0.2, 0.25) is 0 Å². The molecule has 7 heteroatoms. The Hall–Kier alpha value is -1.99. The summed E-state index contributed by atoms with van der Waals surface area (Å²) >= 11 is 0.